The molecule has 4 heteroatoms. The average Bonchev–Trinajstić information content (AvgIpc) is 2.38. The van der Waals surface area contributed by atoms with Crippen molar-refractivity contribution in [2.75, 3.05) is 13.2 Å². The van der Waals surface area contributed by atoms with Crippen molar-refractivity contribution in [1.82, 2.24) is 5.32 Å². The first-order valence-electron chi connectivity index (χ1n) is 7.76. The van der Waals surface area contributed by atoms with Crippen molar-refractivity contribution < 1.29 is 9.47 Å². The molecular weight excluding hydrogens is 286 g/mol. The highest BCUT2D eigenvalue weighted by atomic mass is 35.5. The molecule has 0 unspecified atom stereocenters. The minimum atomic E-state index is 0.0664. The Hall–Kier alpha value is -0.930. The lowest BCUT2D eigenvalue weighted by Crippen LogP contribution is -2.16. The van der Waals surface area contributed by atoms with Gasteiger partial charge in [0.2, 0.25) is 0 Å². The summed E-state index contributed by atoms with van der Waals surface area (Å²) in [4.78, 5) is 0. The lowest BCUT2D eigenvalue weighted by molar-refractivity contribution is 0.224. The molecule has 3 nitrogen and oxygen atoms in total. The average molecular weight is 314 g/mol. The highest BCUT2D eigenvalue weighted by Crippen LogP contribution is 2.37. The Morgan fingerprint density at radius 1 is 1.19 bits per heavy atom. The summed E-state index contributed by atoms with van der Waals surface area (Å²) in [6.45, 7) is 12.8. The molecule has 0 aliphatic rings. The second-order valence-electron chi connectivity index (χ2n) is 5.86. The van der Waals surface area contributed by atoms with E-state index >= 15 is 0 Å². The molecule has 0 aliphatic carbocycles. The molecule has 0 aliphatic heterocycles. The van der Waals surface area contributed by atoms with E-state index in [1.165, 1.54) is 6.42 Å². The summed E-state index contributed by atoms with van der Waals surface area (Å²) in [5.41, 5.74) is 1.11. The van der Waals surface area contributed by atoms with Gasteiger partial charge in [0.05, 0.1) is 17.7 Å². The van der Waals surface area contributed by atoms with Crippen LogP contribution in [0.25, 0.3) is 0 Å². The summed E-state index contributed by atoms with van der Waals surface area (Å²) in [7, 11) is 0. The third kappa shape index (κ3) is 6.58. The molecule has 120 valence electrons. The van der Waals surface area contributed by atoms with E-state index in [1.807, 2.05) is 32.9 Å². The Morgan fingerprint density at radius 3 is 2.48 bits per heavy atom. The summed E-state index contributed by atoms with van der Waals surface area (Å²) in [5, 5.41) is 4.04. The summed E-state index contributed by atoms with van der Waals surface area (Å²) in [6, 6.07) is 3.96. The van der Waals surface area contributed by atoms with Crippen molar-refractivity contribution >= 4 is 11.6 Å². The normalized spacial score (nSPS) is 11.2. The molecule has 1 aromatic carbocycles. The fourth-order valence-corrected chi connectivity index (χ4v) is 2.24. The Bertz CT molecular complexity index is 433. The maximum Gasteiger partial charge on any atom is 0.180 e. The minimum Gasteiger partial charge on any atom is -0.490 e. The fraction of sp³-hybridized carbons (Fsp3) is 0.647. The molecular formula is C17H28ClNO2. The number of benzene rings is 1. The monoisotopic (exact) mass is 313 g/mol. The molecule has 0 aromatic heterocycles. The summed E-state index contributed by atoms with van der Waals surface area (Å²) >= 11 is 6.34. The Kier molecular flexibility index (Phi) is 7.91. The van der Waals surface area contributed by atoms with E-state index in [2.05, 4.69) is 19.2 Å². The van der Waals surface area contributed by atoms with Crippen LogP contribution in [0, 0.1) is 5.92 Å². The smallest absolute Gasteiger partial charge is 0.180 e. The number of rotatable bonds is 9. The lowest BCUT2D eigenvalue weighted by atomic mass is 10.1. The largest absolute Gasteiger partial charge is 0.490 e. The van der Waals surface area contributed by atoms with E-state index in [-0.39, 0.29) is 6.10 Å². The molecule has 21 heavy (non-hydrogen) atoms. The first kappa shape index (κ1) is 18.1. The number of hydrogen-bond donors (Lipinski definition) is 1. The molecule has 0 bridgehead atoms. The number of halogens is 1. The molecule has 0 fully saturated rings. The third-order valence-corrected chi connectivity index (χ3v) is 3.23. The Balaban J connectivity index is 2.77. The van der Waals surface area contributed by atoms with Crippen LogP contribution in [0.2, 0.25) is 5.02 Å². The molecule has 0 atom stereocenters. The van der Waals surface area contributed by atoms with Gasteiger partial charge in [0.15, 0.2) is 11.5 Å². The second-order valence-corrected chi connectivity index (χ2v) is 6.27. The first-order valence-corrected chi connectivity index (χ1v) is 8.14. The van der Waals surface area contributed by atoms with Crippen molar-refractivity contribution in [3.8, 4) is 11.5 Å². The Labute approximate surface area is 134 Å². The van der Waals surface area contributed by atoms with Crippen molar-refractivity contribution in [3.05, 3.63) is 22.7 Å². The van der Waals surface area contributed by atoms with E-state index in [0.29, 0.717) is 23.3 Å². The molecule has 1 N–H and O–H groups in total. The van der Waals surface area contributed by atoms with E-state index in [4.69, 9.17) is 21.1 Å². The van der Waals surface area contributed by atoms with Gasteiger partial charge in [0.1, 0.15) is 0 Å². The van der Waals surface area contributed by atoms with Crippen LogP contribution < -0.4 is 14.8 Å². The summed E-state index contributed by atoms with van der Waals surface area (Å²) in [6.07, 6.45) is 1.23. The topological polar surface area (TPSA) is 30.5 Å². The maximum absolute atomic E-state index is 6.34. The molecule has 0 saturated carbocycles. The van der Waals surface area contributed by atoms with Crippen LogP contribution in [0.5, 0.6) is 11.5 Å². The van der Waals surface area contributed by atoms with Gasteiger partial charge in [0, 0.05) is 6.54 Å². The van der Waals surface area contributed by atoms with Crippen LogP contribution in [0.15, 0.2) is 12.1 Å². The number of ether oxygens (including phenoxy) is 2. The highest BCUT2D eigenvalue weighted by molar-refractivity contribution is 6.32. The van der Waals surface area contributed by atoms with Crippen LogP contribution in [0.1, 0.15) is 46.6 Å². The van der Waals surface area contributed by atoms with Crippen LogP contribution >= 0.6 is 11.6 Å². The SMILES string of the molecule is CCOc1cc(CNCCC(C)C)cc(Cl)c1OC(C)C. The van der Waals surface area contributed by atoms with Gasteiger partial charge in [-0.05, 0) is 57.4 Å². The van der Waals surface area contributed by atoms with E-state index in [9.17, 15) is 0 Å². The third-order valence-electron chi connectivity index (χ3n) is 2.95. The molecule has 1 rings (SSSR count). The van der Waals surface area contributed by atoms with Crippen LogP contribution in [0.3, 0.4) is 0 Å². The van der Waals surface area contributed by atoms with Gasteiger partial charge in [-0.3, -0.25) is 0 Å². The summed E-state index contributed by atoms with van der Waals surface area (Å²) in [5.74, 6) is 2.07. The first-order chi connectivity index (χ1) is 9.93. The number of nitrogens with one attached hydrogen (secondary N) is 1. The van der Waals surface area contributed by atoms with Crippen molar-refractivity contribution in [2.45, 2.75) is 53.7 Å². The molecule has 0 spiro atoms. The molecule has 0 saturated heterocycles. The standard InChI is InChI=1S/C17H28ClNO2/c1-6-20-16-10-14(11-19-8-7-12(2)3)9-15(18)17(16)21-13(4)5/h9-10,12-13,19H,6-8,11H2,1-5H3. The van der Waals surface area contributed by atoms with Gasteiger partial charge in [-0.25, -0.2) is 0 Å². The quantitative estimate of drug-likeness (QED) is 0.672. The highest BCUT2D eigenvalue weighted by Gasteiger charge is 2.13. The van der Waals surface area contributed by atoms with Gasteiger partial charge in [-0.1, -0.05) is 25.4 Å². The van der Waals surface area contributed by atoms with Crippen LogP contribution in [-0.4, -0.2) is 19.3 Å². The van der Waals surface area contributed by atoms with E-state index in [0.717, 1.165) is 24.4 Å². The summed E-state index contributed by atoms with van der Waals surface area (Å²) < 4.78 is 11.4. The zero-order valence-electron chi connectivity index (χ0n) is 13.8. The van der Waals surface area contributed by atoms with Gasteiger partial charge in [-0.15, -0.1) is 0 Å². The van der Waals surface area contributed by atoms with Crippen molar-refractivity contribution in [3.63, 3.8) is 0 Å². The fourth-order valence-electron chi connectivity index (χ4n) is 1.96. The predicted molar refractivity (Wildman–Crippen MR) is 89.5 cm³/mol. The molecule has 0 heterocycles. The molecule has 0 radical (unpaired) electrons. The lowest BCUT2D eigenvalue weighted by Gasteiger charge is -2.17. The van der Waals surface area contributed by atoms with Crippen molar-refractivity contribution in [1.29, 1.82) is 0 Å². The van der Waals surface area contributed by atoms with E-state index in [1.54, 1.807) is 0 Å². The molecule has 1 aromatic rings. The Morgan fingerprint density at radius 2 is 1.90 bits per heavy atom. The second kappa shape index (κ2) is 9.16. The molecule has 0 amide bonds. The zero-order valence-corrected chi connectivity index (χ0v) is 14.6. The minimum absolute atomic E-state index is 0.0664. The van der Waals surface area contributed by atoms with Gasteiger partial charge in [-0.2, -0.15) is 0 Å². The maximum atomic E-state index is 6.34. The van der Waals surface area contributed by atoms with Crippen LogP contribution in [-0.2, 0) is 6.54 Å². The zero-order chi connectivity index (χ0) is 15.8. The van der Waals surface area contributed by atoms with E-state index < -0.39 is 0 Å². The van der Waals surface area contributed by atoms with Crippen LogP contribution in [0.4, 0.5) is 0 Å². The predicted octanol–water partition coefficient (Wildman–Crippen LogP) is 4.66. The van der Waals surface area contributed by atoms with Crippen molar-refractivity contribution in [2.24, 2.45) is 5.92 Å². The van der Waals surface area contributed by atoms with Gasteiger partial charge >= 0.3 is 0 Å². The van der Waals surface area contributed by atoms with Gasteiger partial charge in [0.25, 0.3) is 0 Å². The number of hydrogen-bond acceptors (Lipinski definition) is 3. The van der Waals surface area contributed by atoms with Gasteiger partial charge < -0.3 is 14.8 Å².